The summed E-state index contributed by atoms with van der Waals surface area (Å²) in [5, 5.41) is 17.9. The van der Waals surface area contributed by atoms with Crippen molar-refractivity contribution in [2.24, 2.45) is 0 Å². The van der Waals surface area contributed by atoms with E-state index in [0.29, 0.717) is 0 Å². The maximum absolute atomic E-state index is 8.98. The number of aliphatic hydroxyl groups is 2. The van der Waals surface area contributed by atoms with Gasteiger partial charge in [-0.15, -0.1) is 0 Å². The SMILES string of the molecule is CC.CC(CO)c1ccc(C2CC2)cc1.COc1cccc(C(C)CO)c1. The minimum Gasteiger partial charge on any atom is -0.497 e. The molecule has 0 bridgehead atoms. The van der Waals surface area contributed by atoms with Gasteiger partial charge in [0.25, 0.3) is 0 Å². The second kappa shape index (κ2) is 12.5. The largest absolute Gasteiger partial charge is 0.497 e. The van der Waals surface area contributed by atoms with Crippen LogP contribution in [0.15, 0.2) is 48.5 Å². The predicted molar refractivity (Wildman–Crippen MR) is 114 cm³/mol. The number of hydrogen-bond donors (Lipinski definition) is 2. The van der Waals surface area contributed by atoms with Crippen molar-refractivity contribution in [3.8, 4) is 5.75 Å². The Morgan fingerprint density at radius 3 is 1.93 bits per heavy atom. The molecule has 0 aliphatic heterocycles. The monoisotopic (exact) mass is 372 g/mol. The highest BCUT2D eigenvalue weighted by molar-refractivity contribution is 5.31. The van der Waals surface area contributed by atoms with E-state index >= 15 is 0 Å². The zero-order valence-electron chi connectivity index (χ0n) is 17.5. The lowest BCUT2D eigenvalue weighted by Crippen LogP contribution is -1.98. The van der Waals surface area contributed by atoms with Crippen LogP contribution >= 0.6 is 0 Å². The van der Waals surface area contributed by atoms with Crippen LogP contribution in [-0.4, -0.2) is 30.5 Å². The van der Waals surface area contributed by atoms with Crippen molar-refractivity contribution in [3.05, 3.63) is 65.2 Å². The van der Waals surface area contributed by atoms with Crippen molar-refractivity contribution in [1.29, 1.82) is 0 Å². The lowest BCUT2D eigenvalue weighted by molar-refractivity contribution is 0.272. The summed E-state index contributed by atoms with van der Waals surface area (Å²) in [6.07, 6.45) is 2.71. The highest BCUT2D eigenvalue weighted by Crippen LogP contribution is 2.40. The first-order chi connectivity index (χ1) is 13.1. The van der Waals surface area contributed by atoms with Gasteiger partial charge in [-0.05, 0) is 47.6 Å². The molecule has 0 aromatic heterocycles. The highest BCUT2D eigenvalue weighted by atomic mass is 16.5. The van der Waals surface area contributed by atoms with Crippen molar-refractivity contribution in [3.63, 3.8) is 0 Å². The average molecular weight is 373 g/mol. The zero-order valence-corrected chi connectivity index (χ0v) is 17.5. The number of benzene rings is 2. The molecule has 2 atom stereocenters. The van der Waals surface area contributed by atoms with Crippen LogP contribution in [0.5, 0.6) is 5.75 Å². The molecule has 1 aliphatic carbocycles. The molecule has 0 saturated heterocycles. The van der Waals surface area contributed by atoms with Crippen molar-refractivity contribution in [2.45, 2.75) is 58.3 Å². The summed E-state index contributed by atoms with van der Waals surface area (Å²) in [5.41, 5.74) is 3.82. The Bertz CT molecular complexity index is 632. The van der Waals surface area contributed by atoms with Gasteiger partial charge < -0.3 is 14.9 Å². The summed E-state index contributed by atoms with van der Waals surface area (Å²) < 4.78 is 5.07. The normalized spacial score (nSPS) is 14.8. The van der Waals surface area contributed by atoms with Gasteiger partial charge in [0.15, 0.2) is 0 Å². The second-order valence-electron chi connectivity index (χ2n) is 6.88. The van der Waals surface area contributed by atoms with Crippen LogP contribution in [-0.2, 0) is 0 Å². The molecule has 2 unspecified atom stereocenters. The fourth-order valence-electron chi connectivity index (χ4n) is 2.67. The first-order valence-electron chi connectivity index (χ1n) is 10.0. The van der Waals surface area contributed by atoms with E-state index in [9.17, 15) is 0 Å². The molecule has 27 heavy (non-hydrogen) atoms. The number of ether oxygens (including phenoxy) is 1. The Morgan fingerprint density at radius 1 is 0.889 bits per heavy atom. The van der Waals surface area contributed by atoms with Crippen molar-refractivity contribution in [1.82, 2.24) is 0 Å². The molecule has 3 nitrogen and oxygen atoms in total. The molecule has 1 saturated carbocycles. The molecule has 0 radical (unpaired) electrons. The summed E-state index contributed by atoms with van der Waals surface area (Å²) in [6, 6.07) is 16.5. The van der Waals surface area contributed by atoms with Crippen LogP contribution < -0.4 is 4.74 Å². The van der Waals surface area contributed by atoms with E-state index in [-0.39, 0.29) is 25.0 Å². The smallest absolute Gasteiger partial charge is 0.119 e. The van der Waals surface area contributed by atoms with Gasteiger partial charge in [0, 0.05) is 25.0 Å². The molecular weight excluding hydrogens is 336 g/mol. The Balaban J connectivity index is 0.000000248. The highest BCUT2D eigenvalue weighted by Gasteiger charge is 2.23. The average Bonchev–Trinajstić information content (AvgIpc) is 3.60. The van der Waals surface area contributed by atoms with E-state index in [4.69, 9.17) is 14.9 Å². The molecule has 1 fully saturated rings. The Kier molecular flexibility index (Phi) is 10.8. The second-order valence-corrected chi connectivity index (χ2v) is 6.88. The van der Waals surface area contributed by atoms with Crippen LogP contribution in [0.2, 0.25) is 0 Å². The fourth-order valence-corrected chi connectivity index (χ4v) is 2.67. The third kappa shape index (κ3) is 7.74. The molecule has 0 amide bonds. The third-order valence-corrected chi connectivity index (χ3v) is 4.76. The van der Waals surface area contributed by atoms with Gasteiger partial charge in [0.05, 0.1) is 7.11 Å². The summed E-state index contributed by atoms with van der Waals surface area (Å²) >= 11 is 0. The van der Waals surface area contributed by atoms with Crippen molar-refractivity contribution < 1.29 is 14.9 Å². The van der Waals surface area contributed by atoms with E-state index in [2.05, 4.69) is 24.3 Å². The first-order valence-corrected chi connectivity index (χ1v) is 10.0. The van der Waals surface area contributed by atoms with Crippen LogP contribution in [0.1, 0.15) is 75.0 Å². The minimum absolute atomic E-state index is 0.174. The van der Waals surface area contributed by atoms with Gasteiger partial charge in [-0.2, -0.15) is 0 Å². The van der Waals surface area contributed by atoms with Gasteiger partial charge in [-0.25, -0.2) is 0 Å². The quantitative estimate of drug-likeness (QED) is 0.706. The fraction of sp³-hybridized carbons (Fsp3) is 0.500. The molecule has 3 rings (SSSR count). The van der Waals surface area contributed by atoms with E-state index in [1.54, 1.807) is 7.11 Å². The molecule has 2 N–H and O–H groups in total. The topological polar surface area (TPSA) is 49.7 Å². The van der Waals surface area contributed by atoms with E-state index in [1.165, 1.54) is 24.0 Å². The number of methoxy groups -OCH3 is 1. The molecule has 2 aromatic rings. The van der Waals surface area contributed by atoms with Crippen LogP contribution in [0.3, 0.4) is 0 Å². The lowest BCUT2D eigenvalue weighted by Gasteiger charge is -2.09. The maximum atomic E-state index is 8.98. The molecule has 0 heterocycles. The summed E-state index contributed by atoms with van der Waals surface area (Å²) in [7, 11) is 1.64. The van der Waals surface area contributed by atoms with Crippen molar-refractivity contribution in [2.75, 3.05) is 20.3 Å². The molecule has 2 aromatic carbocycles. The van der Waals surface area contributed by atoms with Gasteiger partial charge in [-0.3, -0.25) is 0 Å². The van der Waals surface area contributed by atoms with E-state index in [1.807, 2.05) is 52.0 Å². The molecule has 3 heteroatoms. The van der Waals surface area contributed by atoms with Crippen LogP contribution in [0.4, 0.5) is 0 Å². The minimum atomic E-state index is 0.174. The Hall–Kier alpha value is -1.84. The predicted octanol–water partition coefficient (Wildman–Crippen LogP) is 5.48. The number of hydrogen-bond acceptors (Lipinski definition) is 3. The Morgan fingerprint density at radius 2 is 1.44 bits per heavy atom. The standard InChI is InChI=1S/C12H16O.C10H14O2.C2H6/c1-9(8-13)10-2-4-11(5-3-10)12-6-7-12;1-8(7-11)9-4-3-5-10(6-9)12-2;1-2/h2-5,9,12-13H,6-8H2,1H3;3-6,8,11H,7H2,1-2H3;1-2H3. The zero-order chi connectivity index (χ0) is 20.2. The summed E-state index contributed by atoms with van der Waals surface area (Å²) in [6.45, 7) is 8.44. The molecular formula is C24H36O3. The molecule has 150 valence electrons. The lowest BCUT2D eigenvalue weighted by atomic mass is 9.99. The van der Waals surface area contributed by atoms with Gasteiger partial charge in [0.2, 0.25) is 0 Å². The summed E-state index contributed by atoms with van der Waals surface area (Å²) in [4.78, 5) is 0. The van der Waals surface area contributed by atoms with Crippen LogP contribution in [0.25, 0.3) is 0 Å². The van der Waals surface area contributed by atoms with Gasteiger partial charge >= 0.3 is 0 Å². The van der Waals surface area contributed by atoms with Crippen molar-refractivity contribution >= 4 is 0 Å². The number of aliphatic hydroxyl groups excluding tert-OH is 2. The molecule has 1 aliphatic rings. The Labute approximate surface area is 165 Å². The van der Waals surface area contributed by atoms with Gasteiger partial charge in [-0.1, -0.05) is 64.1 Å². The first kappa shape index (κ1) is 23.2. The maximum Gasteiger partial charge on any atom is 0.119 e. The summed E-state index contributed by atoms with van der Waals surface area (Å²) in [5.74, 6) is 2.12. The third-order valence-electron chi connectivity index (χ3n) is 4.76. The van der Waals surface area contributed by atoms with E-state index < -0.39 is 0 Å². The molecule has 0 spiro atoms. The van der Waals surface area contributed by atoms with E-state index in [0.717, 1.165) is 17.2 Å². The van der Waals surface area contributed by atoms with Gasteiger partial charge in [0.1, 0.15) is 5.75 Å². The van der Waals surface area contributed by atoms with Crippen LogP contribution in [0, 0.1) is 0 Å². The number of rotatable bonds is 6.